The normalized spacial score (nSPS) is 22.6. The number of hydrogen-bond acceptors (Lipinski definition) is 5. The van der Waals surface area contributed by atoms with Crippen molar-refractivity contribution >= 4 is 33.4 Å². The number of aryl methyl sites for hydroxylation is 1. The van der Waals surface area contributed by atoms with Gasteiger partial charge in [-0.05, 0) is 73.1 Å². The number of amides is 2. The second-order valence-corrected chi connectivity index (χ2v) is 12.5. The molecule has 5 rings (SSSR count). The maximum Gasteiger partial charge on any atom is 0.243 e. The number of carbonyl (C=O) groups is 2. The van der Waals surface area contributed by atoms with Crippen LogP contribution in [0.5, 0.6) is 0 Å². The van der Waals surface area contributed by atoms with Gasteiger partial charge in [-0.15, -0.1) is 0 Å². The van der Waals surface area contributed by atoms with E-state index in [2.05, 4.69) is 34.1 Å². The minimum atomic E-state index is -3.97. The highest BCUT2D eigenvalue weighted by atomic mass is 35.5. The largest absolute Gasteiger partial charge is 0.353 e. The summed E-state index contributed by atoms with van der Waals surface area (Å²) >= 11 is 5.91. The summed E-state index contributed by atoms with van der Waals surface area (Å²) in [5.41, 5.74) is 3.59. The summed E-state index contributed by atoms with van der Waals surface area (Å²) in [4.78, 5) is 25.9. The van der Waals surface area contributed by atoms with Crippen LogP contribution in [0.4, 0.5) is 0 Å². The Morgan fingerprint density at radius 2 is 1.86 bits per heavy atom. The number of nitrogens with zero attached hydrogens (tertiary/aromatic N) is 1. The molecular weight excluding hydrogens is 512 g/mol. The summed E-state index contributed by atoms with van der Waals surface area (Å²) in [7, 11) is -3.97. The fourth-order valence-electron chi connectivity index (χ4n) is 5.35. The van der Waals surface area contributed by atoms with E-state index in [4.69, 9.17) is 11.6 Å². The van der Waals surface area contributed by atoms with Crippen molar-refractivity contribution in [3.05, 3.63) is 64.2 Å². The Hall–Kier alpha value is -2.46. The fraction of sp³-hybridized carbons (Fsp3) is 0.481. The second-order valence-electron chi connectivity index (χ2n) is 10.1. The molecule has 3 aliphatic rings. The Morgan fingerprint density at radius 3 is 2.59 bits per heavy atom. The number of nitrogens with one attached hydrogen (secondary N) is 3. The summed E-state index contributed by atoms with van der Waals surface area (Å²) in [5, 5.41) is 9.79. The number of piperazine rings is 1. The van der Waals surface area contributed by atoms with E-state index >= 15 is 0 Å². The molecule has 0 spiro atoms. The third kappa shape index (κ3) is 5.85. The molecule has 1 saturated carbocycles. The molecule has 0 radical (unpaired) electrons. The highest BCUT2D eigenvalue weighted by molar-refractivity contribution is 7.89. The molecule has 3 N–H and O–H groups in total. The van der Waals surface area contributed by atoms with Gasteiger partial charge in [0.2, 0.25) is 21.8 Å². The lowest BCUT2D eigenvalue weighted by atomic mass is 9.86. The molecule has 8 nitrogen and oxygen atoms in total. The molecular formula is C27H33ClN4O4S. The van der Waals surface area contributed by atoms with Gasteiger partial charge in [-0.3, -0.25) is 9.59 Å². The van der Waals surface area contributed by atoms with Gasteiger partial charge < -0.3 is 16.0 Å². The van der Waals surface area contributed by atoms with Crippen LogP contribution in [0, 0.1) is 0 Å². The van der Waals surface area contributed by atoms with Gasteiger partial charge in [-0.25, -0.2) is 8.42 Å². The van der Waals surface area contributed by atoms with Gasteiger partial charge in [0.05, 0.1) is 17.4 Å². The Labute approximate surface area is 223 Å². The smallest absolute Gasteiger partial charge is 0.243 e. The van der Waals surface area contributed by atoms with Crippen molar-refractivity contribution in [3.63, 3.8) is 0 Å². The van der Waals surface area contributed by atoms with Crippen LogP contribution >= 0.6 is 11.6 Å². The molecule has 2 aromatic rings. The minimum absolute atomic E-state index is 0.0424. The number of benzene rings is 2. The molecule has 1 aliphatic heterocycles. The molecule has 0 aromatic heterocycles. The van der Waals surface area contributed by atoms with Crippen molar-refractivity contribution in [1.82, 2.24) is 20.3 Å². The van der Waals surface area contributed by atoms with Crippen molar-refractivity contribution in [1.29, 1.82) is 0 Å². The Balaban J connectivity index is 1.27. The first-order chi connectivity index (χ1) is 17.8. The Kier molecular flexibility index (Phi) is 7.85. The summed E-state index contributed by atoms with van der Waals surface area (Å²) in [6.45, 7) is 1.14. The van der Waals surface area contributed by atoms with Crippen molar-refractivity contribution in [2.75, 3.05) is 13.1 Å². The van der Waals surface area contributed by atoms with Gasteiger partial charge in [-0.1, -0.05) is 36.2 Å². The number of rotatable bonds is 8. The van der Waals surface area contributed by atoms with Crippen molar-refractivity contribution in [2.24, 2.45) is 0 Å². The lowest BCUT2D eigenvalue weighted by Crippen LogP contribution is -2.58. The lowest BCUT2D eigenvalue weighted by molar-refractivity contribution is -0.132. The van der Waals surface area contributed by atoms with Gasteiger partial charge in [-0.2, -0.15) is 4.31 Å². The van der Waals surface area contributed by atoms with Gasteiger partial charge in [0, 0.05) is 30.7 Å². The summed E-state index contributed by atoms with van der Waals surface area (Å²) in [6, 6.07) is 11.6. The number of halogens is 1. The van der Waals surface area contributed by atoms with Crippen LogP contribution < -0.4 is 16.0 Å². The maximum absolute atomic E-state index is 13.3. The molecule has 1 saturated heterocycles. The van der Waals surface area contributed by atoms with Crippen LogP contribution in [0.15, 0.2) is 47.4 Å². The molecule has 198 valence electrons. The molecule has 2 amide bonds. The quantitative estimate of drug-likeness (QED) is 0.473. The third-order valence-corrected chi connectivity index (χ3v) is 9.81. The third-order valence-electron chi connectivity index (χ3n) is 7.64. The molecule has 1 unspecified atom stereocenters. The van der Waals surface area contributed by atoms with Crippen LogP contribution in [-0.2, 0) is 32.6 Å². The number of fused-ring (bicyclic) bond motifs is 1. The lowest BCUT2D eigenvalue weighted by Gasteiger charge is -2.34. The van der Waals surface area contributed by atoms with E-state index in [1.807, 2.05) is 0 Å². The summed E-state index contributed by atoms with van der Waals surface area (Å²) < 4.78 is 27.7. The van der Waals surface area contributed by atoms with Crippen molar-refractivity contribution in [2.45, 2.75) is 74.5 Å². The van der Waals surface area contributed by atoms with Crippen LogP contribution in [-0.4, -0.2) is 49.7 Å². The first kappa shape index (κ1) is 26.2. The van der Waals surface area contributed by atoms with Crippen LogP contribution in [0.1, 0.15) is 61.3 Å². The molecule has 2 aromatic carbocycles. The second kappa shape index (κ2) is 11.1. The zero-order valence-corrected chi connectivity index (χ0v) is 22.3. The van der Waals surface area contributed by atoms with Crippen LogP contribution in [0.25, 0.3) is 0 Å². The molecule has 2 fully saturated rings. The van der Waals surface area contributed by atoms with E-state index in [1.165, 1.54) is 54.7 Å². The first-order valence-electron chi connectivity index (χ1n) is 13.0. The Morgan fingerprint density at radius 1 is 1.08 bits per heavy atom. The van der Waals surface area contributed by atoms with E-state index in [9.17, 15) is 18.0 Å². The van der Waals surface area contributed by atoms with Crippen LogP contribution in [0.2, 0.25) is 5.02 Å². The highest BCUT2D eigenvalue weighted by Gasteiger charge is 2.40. The molecule has 2 atom stereocenters. The monoisotopic (exact) mass is 544 g/mol. The zero-order valence-electron chi connectivity index (χ0n) is 20.7. The summed E-state index contributed by atoms with van der Waals surface area (Å²) in [6.07, 6.45) is 6.29. The molecule has 1 heterocycles. The van der Waals surface area contributed by atoms with Crippen molar-refractivity contribution in [3.8, 4) is 0 Å². The number of sulfonamides is 1. The number of hydrogen-bond donors (Lipinski definition) is 3. The maximum atomic E-state index is 13.3. The molecule has 10 heteroatoms. The first-order valence-corrected chi connectivity index (χ1v) is 14.8. The van der Waals surface area contributed by atoms with E-state index < -0.39 is 22.0 Å². The number of carbonyl (C=O) groups excluding carboxylic acids is 2. The van der Waals surface area contributed by atoms with E-state index in [0.717, 1.165) is 35.7 Å². The molecule has 2 aliphatic carbocycles. The van der Waals surface area contributed by atoms with Gasteiger partial charge >= 0.3 is 0 Å². The highest BCUT2D eigenvalue weighted by Crippen LogP contribution is 2.31. The van der Waals surface area contributed by atoms with Gasteiger partial charge in [0.1, 0.15) is 6.04 Å². The molecule has 0 bridgehead atoms. The van der Waals surface area contributed by atoms with Gasteiger partial charge in [0.15, 0.2) is 0 Å². The van der Waals surface area contributed by atoms with Gasteiger partial charge in [0.25, 0.3) is 0 Å². The van der Waals surface area contributed by atoms with Crippen molar-refractivity contribution < 1.29 is 18.0 Å². The molecule has 37 heavy (non-hydrogen) atoms. The van der Waals surface area contributed by atoms with E-state index in [-0.39, 0.29) is 36.4 Å². The predicted octanol–water partition coefficient (Wildman–Crippen LogP) is 3.06. The Bertz CT molecular complexity index is 1260. The fourth-order valence-corrected chi connectivity index (χ4v) is 7.06. The zero-order chi connectivity index (χ0) is 26.0. The minimum Gasteiger partial charge on any atom is -0.353 e. The van der Waals surface area contributed by atoms with E-state index in [1.54, 1.807) is 0 Å². The summed E-state index contributed by atoms with van der Waals surface area (Å²) in [5.74, 6) is -0.807. The topological polar surface area (TPSA) is 108 Å². The SMILES string of the molecule is O=C(CC1C(=O)NCCN1S(=O)(=O)c1ccc(Cl)cc1)N[C@@H]1CCCc2cc(CNC3CCC3)ccc21. The standard InChI is InChI=1S/C27H33ClN4O4S/c28-20-8-10-22(11-9-20)37(35,36)32-14-13-29-27(34)25(32)16-26(33)31-24-6-1-3-19-15-18(7-12-23(19)24)17-30-21-4-2-5-21/h7-12,15,21,24-25,30H,1-6,13-14,16-17H2,(H,29,34)(H,31,33)/t24-,25?/m1/s1. The predicted molar refractivity (Wildman–Crippen MR) is 142 cm³/mol. The van der Waals surface area contributed by atoms with Crippen LogP contribution in [0.3, 0.4) is 0 Å². The average Bonchev–Trinajstić information content (AvgIpc) is 2.84. The van der Waals surface area contributed by atoms with E-state index in [0.29, 0.717) is 11.1 Å². The average molecular weight is 545 g/mol.